The number of methoxy groups -OCH3 is 1. The first-order valence-electron chi connectivity index (χ1n) is 8.54. The van der Waals surface area contributed by atoms with E-state index in [0.29, 0.717) is 32.8 Å². The molecule has 0 bridgehead atoms. The van der Waals surface area contributed by atoms with Crippen LogP contribution in [0.2, 0.25) is 0 Å². The Morgan fingerprint density at radius 3 is 2.81 bits per heavy atom. The number of carbonyl (C=O) groups excluding carboxylic acids is 1. The molecule has 8 heteroatoms. The summed E-state index contributed by atoms with van der Waals surface area (Å²) in [5.41, 5.74) is 2.84. The zero-order valence-corrected chi connectivity index (χ0v) is 14.6. The van der Waals surface area contributed by atoms with Gasteiger partial charge < -0.3 is 14.2 Å². The predicted molar refractivity (Wildman–Crippen MR) is 95.0 cm³/mol. The molecule has 0 fully saturated rings. The Morgan fingerprint density at radius 2 is 2.04 bits per heavy atom. The van der Waals surface area contributed by atoms with Crippen molar-refractivity contribution in [2.75, 3.05) is 20.3 Å². The molecule has 8 nitrogen and oxygen atoms in total. The Morgan fingerprint density at radius 1 is 1.19 bits per heavy atom. The van der Waals surface area contributed by atoms with Crippen LogP contribution in [0.25, 0.3) is 22.8 Å². The lowest BCUT2D eigenvalue weighted by atomic mass is 10.1. The fourth-order valence-corrected chi connectivity index (χ4v) is 3.15. The maximum Gasteiger partial charge on any atom is 0.210 e. The smallest absolute Gasteiger partial charge is 0.210 e. The largest absolute Gasteiger partial charge is 0.383 e. The van der Waals surface area contributed by atoms with Crippen molar-refractivity contribution in [2.24, 2.45) is 0 Å². The molecule has 0 aliphatic carbocycles. The van der Waals surface area contributed by atoms with Gasteiger partial charge in [0.25, 0.3) is 0 Å². The lowest BCUT2D eigenvalue weighted by Crippen LogP contribution is -2.33. The molecule has 3 aromatic rings. The average molecular weight is 352 g/mol. The third-order valence-electron chi connectivity index (χ3n) is 4.52. The van der Waals surface area contributed by atoms with Crippen molar-refractivity contribution in [1.82, 2.24) is 29.4 Å². The van der Waals surface area contributed by atoms with Gasteiger partial charge in [-0.25, -0.2) is 0 Å². The van der Waals surface area contributed by atoms with Gasteiger partial charge in [0.1, 0.15) is 5.69 Å². The molecule has 1 amide bonds. The van der Waals surface area contributed by atoms with Gasteiger partial charge in [-0.3, -0.25) is 9.48 Å². The van der Waals surface area contributed by atoms with E-state index < -0.39 is 0 Å². The topological polar surface area (TPSA) is 78.1 Å². The fraction of sp³-hybridized carbons (Fsp3) is 0.333. The maximum atomic E-state index is 11.0. The predicted octanol–water partition coefficient (Wildman–Crippen LogP) is 1.43. The van der Waals surface area contributed by atoms with E-state index in [9.17, 15) is 4.79 Å². The molecule has 1 aliphatic heterocycles. The normalized spacial score (nSPS) is 13.7. The summed E-state index contributed by atoms with van der Waals surface area (Å²) in [7, 11) is 1.67. The van der Waals surface area contributed by atoms with E-state index in [1.807, 2.05) is 41.1 Å². The highest BCUT2D eigenvalue weighted by Crippen LogP contribution is 2.27. The summed E-state index contributed by atoms with van der Waals surface area (Å²) >= 11 is 0. The van der Waals surface area contributed by atoms with Gasteiger partial charge in [-0.15, -0.1) is 10.2 Å². The van der Waals surface area contributed by atoms with Gasteiger partial charge in [-0.1, -0.05) is 30.3 Å². The van der Waals surface area contributed by atoms with Gasteiger partial charge in [0.15, 0.2) is 11.6 Å². The van der Waals surface area contributed by atoms with Crippen LogP contribution >= 0.6 is 0 Å². The summed E-state index contributed by atoms with van der Waals surface area (Å²) < 4.78 is 9.20. The summed E-state index contributed by atoms with van der Waals surface area (Å²) in [6.07, 6.45) is 0.855. The molecule has 134 valence electrons. The minimum atomic E-state index is 0.480. The molecular formula is C18H20N6O2. The van der Waals surface area contributed by atoms with Gasteiger partial charge >= 0.3 is 0 Å². The second-order valence-corrected chi connectivity index (χ2v) is 6.16. The van der Waals surface area contributed by atoms with Crippen LogP contribution in [-0.4, -0.2) is 56.1 Å². The van der Waals surface area contributed by atoms with Crippen molar-refractivity contribution in [3.63, 3.8) is 0 Å². The number of carbonyl (C=O) groups is 1. The van der Waals surface area contributed by atoms with Crippen LogP contribution in [0, 0.1) is 0 Å². The first-order valence-corrected chi connectivity index (χ1v) is 8.54. The van der Waals surface area contributed by atoms with Gasteiger partial charge in [-0.2, -0.15) is 5.10 Å². The van der Waals surface area contributed by atoms with Crippen molar-refractivity contribution in [1.29, 1.82) is 0 Å². The van der Waals surface area contributed by atoms with Crippen LogP contribution in [0.3, 0.4) is 0 Å². The Labute approximate surface area is 151 Å². The summed E-state index contributed by atoms with van der Waals surface area (Å²) in [5, 5.41) is 13.4. The standard InChI is InChI=1S/C18H20N6O2/c1-26-10-9-24-16(11-15(21-24)14-5-3-2-4-6-14)18-20-19-17-12-22(13-25)7-8-23(17)18/h2-6,11,13H,7-10,12H2,1H3. The Kier molecular flexibility index (Phi) is 4.49. The highest BCUT2D eigenvalue weighted by molar-refractivity contribution is 5.65. The number of rotatable bonds is 6. The first-order chi connectivity index (χ1) is 12.8. The van der Waals surface area contributed by atoms with Crippen LogP contribution in [-0.2, 0) is 29.2 Å². The third kappa shape index (κ3) is 2.99. The van der Waals surface area contributed by atoms with Gasteiger partial charge in [0.05, 0.1) is 25.4 Å². The number of aromatic nitrogens is 5. The molecule has 2 aromatic heterocycles. The summed E-state index contributed by atoms with van der Waals surface area (Å²) in [5.74, 6) is 1.57. The molecule has 0 spiro atoms. The molecular weight excluding hydrogens is 332 g/mol. The van der Waals surface area contributed by atoms with E-state index in [2.05, 4.69) is 14.8 Å². The number of fused-ring (bicyclic) bond motifs is 1. The minimum absolute atomic E-state index is 0.480. The van der Waals surface area contributed by atoms with Crippen molar-refractivity contribution < 1.29 is 9.53 Å². The van der Waals surface area contributed by atoms with Crippen molar-refractivity contribution in [3.8, 4) is 22.8 Å². The van der Waals surface area contributed by atoms with Crippen LogP contribution in [0.15, 0.2) is 36.4 Å². The molecule has 1 aromatic carbocycles. The molecule has 0 atom stereocenters. The van der Waals surface area contributed by atoms with E-state index >= 15 is 0 Å². The Hall–Kier alpha value is -3.00. The lowest BCUT2D eigenvalue weighted by Gasteiger charge is -2.24. The number of ether oxygens (including phenoxy) is 1. The van der Waals surface area contributed by atoms with Gasteiger partial charge in [-0.05, 0) is 6.07 Å². The van der Waals surface area contributed by atoms with E-state index in [-0.39, 0.29) is 0 Å². The van der Waals surface area contributed by atoms with Gasteiger partial charge in [0, 0.05) is 25.8 Å². The minimum Gasteiger partial charge on any atom is -0.383 e. The molecule has 1 aliphatic rings. The van der Waals surface area contributed by atoms with Gasteiger partial charge in [0.2, 0.25) is 6.41 Å². The van der Waals surface area contributed by atoms with E-state index in [0.717, 1.165) is 35.0 Å². The van der Waals surface area contributed by atoms with Crippen molar-refractivity contribution in [3.05, 3.63) is 42.2 Å². The SMILES string of the molecule is COCCn1nc(-c2ccccc2)cc1-c1nnc2n1CCN(C=O)C2. The molecule has 26 heavy (non-hydrogen) atoms. The molecule has 0 unspecified atom stereocenters. The highest BCUT2D eigenvalue weighted by Gasteiger charge is 2.23. The van der Waals surface area contributed by atoms with Crippen LogP contribution in [0.1, 0.15) is 5.82 Å². The highest BCUT2D eigenvalue weighted by atomic mass is 16.5. The zero-order chi connectivity index (χ0) is 17.9. The number of nitrogens with zero attached hydrogens (tertiary/aromatic N) is 6. The van der Waals surface area contributed by atoms with Crippen molar-refractivity contribution in [2.45, 2.75) is 19.6 Å². The van der Waals surface area contributed by atoms with Crippen molar-refractivity contribution >= 4 is 6.41 Å². The first kappa shape index (κ1) is 16.5. The summed E-state index contributed by atoms with van der Waals surface area (Å²) in [4.78, 5) is 12.7. The molecule has 4 rings (SSSR count). The summed E-state index contributed by atoms with van der Waals surface area (Å²) in [6.45, 7) is 2.99. The monoisotopic (exact) mass is 352 g/mol. The molecule has 3 heterocycles. The summed E-state index contributed by atoms with van der Waals surface area (Å²) in [6, 6.07) is 12.1. The van der Waals surface area contributed by atoms with E-state index in [1.165, 1.54) is 0 Å². The fourth-order valence-electron chi connectivity index (χ4n) is 3.15. The molecule has 0 saturated heterocycles. The quantitative estimate of drug-likeness (QED) is 0.627. The molecule has 0 N–H and O–H groups in total. The number of hydrogen-bond acceptors (Lipinski definition) is 5. The number of hydrogen-bond donors (Lipinski definition) is 0. The maximum absolute atomic E-state index is 11.0. The Balaban J connectivity index is 1.75. The third-order valence-corrected chi connectivity index (χ3v) is 4.52. The Bertz CT molecular complexity index is 902. The average Bonchev–Trinajstić information content (AvgIpc) is 3.30. The van der Waals surface area contributed by atoms with Crippen LogP contribution in [0.5, 0.6) is 0 Å². The zero-order valence-electron chi connectivity index (χ0n) is 14.6. The van der Waals surface area contributed by atoms with Crippen LogP contribution in [0.4, 0.5) is 0 Å². The number of amides is 1. The second kappa shape index (κ2) is 7.09. The number of benzene rings is 1. The van der Waals surface area contributed by atoms with Crippen LogP contribution < -0.4 is 0 Å². The lowest BCUT2D eigenvalue weighted by molar-refractivity contribution is -0.119. The molecule has 0 radical (unpaired) electrons. The van der Waals surface area contributed by atoms with E-state index in [1.54, 1.807) is 12.0 Å². The second-order valence-electron chi connectivity index (χ2n) is 6.16. The van der Waals surface area contributed by atoms with E-state index in [4.69, 9.17) is 9.84 Å². The molecule has 0 saturated carbocycles.